The number of ether oxygens (including phenoxy) is 3. The van der Waals surface area contributed by atoms with Crippen LogP contribution in [0.15, 0.2) is 10.6 Å². The van der Waals surface area contributed by atoms with E-state index in [1.54, 1.807) is 13.8 Å². The van der Waals surface area contributed by atoms with Crippen LogP contribution in [0.2, 0.25) is 0 Å². The predicted octanol–water partition coefficient (Wildman–Crippen LogP) is -1.67. The van der Waals surface area contributed by atoms with Gasteiger partial charge in [-0.05, 0) is 13.8 Å². The third-order valence-electron chi connectivity index (χ3n) is 4.37. The highest BCUT2D eigenvalue weighted by atomic mass is 16.6. The second kappa shape index (κ2) is 10.3. The monoisotopic (exact) mass is 426 g/mol. The highest BCUT2D eigenvalue weighted by molar-refractivity contribution is 5.98. The zero-order valence-corrected chi connectivity index (χ0v) is 17.3. The largest absolute Gasteiger partial charge is 0.382 e. The Bertz CT molecular complexity index is 789. The lowest BCUT2D eigenvalue weighted by atomic mass is 10.1. The number of carbonyl (C=O) groups excluding carboxylic acids is 4. The van der Waals surface area contributed by atoms with E-state index in [9.17, 15) is 19.2 Å². The van der Waals surface area contributed by atoms with Crippen molar-refractivity contribution < 1.29 is 37.9 Å². The van der Waals surface area contributed by atoms with Gasteiger partial charge in [-0.1, -0.05) is 5.16 Å². The van der Waals surface area contributed by atoms with Crippen molar-refractivity contribution in [3.63, 3.8) is 0 Å². The third kappa shape index (κ3) is 6.34. The van der Waals surface area contributed by atoms with Gasteiger partial charge in [0, 0.05) is 20.3 Å². The van der Waals surface area contributed by atoms with Gasteiger partial charge in [-0.25, -0.2) is 0 Å². The van der Waals surface area contributed by atoms with Crippen molar-refractivity contribution in [2.24, 2.45) is 0 Å². The maximum Gasteiger partial charge on any atom is 0.274 e. The highest BCUT2D eigenvalue weighted by Crippen LogP contribution is 2.26. The Kier molecular flexibility index (Phi) is 8.03. The van der Waals surface area contributed by atoms with Gasteiger partial charge >= 0.3 is 0 Å². The molecule has 2 rings (SSSR count). The van der Waals surface area contributed by atoms with Crippen LogP contribution in [0.5, 0.6) is 0 Å². The molecule has 1 aromatic rings. The molecule has 0 saturated carbocycles. The molecule has 1 saturated heterocycles. The number of epoxide rings is 1. The molecular formula is C18H26N4O8. The Morgan fingerprint density at radius 1 is 1.13 bits per heavy atom. The Hall–Kier alpha value is -2.83. The van der Waals surface area contributed by atoms with Crippen LogP contribution in [0, 0.1) is 6.92 Å². The van der Waals surface area contributed by atoms with Crippen LogP contribution in [0.25, 0.3) is 0 Å². The number of rotatable bonds is 12. The Labute approximate surface area is 173 Å². The van der Waals surface area contributed by atoms with Crippen LogP contribution in [0.4, 0.5) is 0 Å². The van der Waals surface area contributed by atoms with Gasteiger partial charge in [-0.15, -0.1) is 0 Å². The fraction of sp³-hybridized carbons (Fsp3) is 0.611. The van der Waals surface area contributed by atoms with Gasteiger partial charge in [0.2, 0.25) is 11.8 Å². The van der Waals surface area contributed by atoms with Crippen molar-refractivity contribution in [3.8, 4) is 0 Å². The summed E-state index contributed by atoms with van der Waals surface area (Å²) in [4.78, 5) is 49.2. The molecule has 1 aromatic heterocycles. The Morgan fingerprint density at radius 3 is 2.23 bits per heavy atom. The van der Waals surface area contributed by atoms with E-state index in [1.165, 1.54) is 20.3 Å². The van der Waals surface area contributed by atoms with Gasteiger partial charge in [0.15, 0.2) is 11.5 Å². The van der Waals surface area contributed by atoms with Crippen molar-refractivity contribution in [3.05, 3.63) is 17.5 Å². The van der Waals surface area contributed by atoms with Crippen molar-refractivity contribution in [2.75, 3.05) is 40.6 Å². The maximum atomic E-state index is 12.6. The fourth-order valence-corrected chi connectivity index (χ4v) is 2.42. The van der Waals surface area contributed by atoms with Crippen LogP contribution in [-0.4, -0.2) is 86.9 Å². The molecule has 12 nitrogen and oxygen atoms in total. The summed E-state index contributed by atoms with van der Waals surface area (Å²) in [5.74, 6) is -1.76. The summed E-state index contributed by atoms with van der Waals surface area (Å²) >= 11 is 0. The van der Waals surface area contributed by atoms with E-state index in [0.29, 0.717) is 12.4 Å². The summed E-state index contributed by atoms with van der Waals surface area (Å²) in [6.07, 6.45) is 0. The number of ketones is 1. The van der Waals surface area contributed by atoms with E-state index >= 15 is 0 Å². The summed E-state index contributed by atoms with van der Waals surface area (Å²) < 4.78 is 19.8. The minimum absolute atomic E-state index is 0.00175. The predicted molar refractivity (Wildman–Crippen MR) is 101 cm³/mol. The van der Waals surface area contributed by atoms with E-state index in [4.69, 9.17) is 18.7 Å². The number of hydrogen-bond acceptors (Lipinski definition) is 9. The molecule has 0 aromatic carbocycles. The zero-order chi connectivity index (χ0) is 22.3. The molecule has 3 amide bonds. The van der Waals surface area contributed by atoms with Gasteiger partial charge in [-0.2, -0.15) is 0 Å². The molecular weight excluding hydrogens is 400 g/mol. The third-order valence-corrected chi connectivity index (χ3v) is 4.37. The van der Waals surface area contributed by atoms with E-state index in [-0.39, 0.29) is 31.2 Å². The molecule has 0 spiro atoms. The topological polar surface area (TPSA) is 161 Å². The smallest absolute Gasteiger partial charge is 0.274 e. The van der Waals surface area contributed by atoms with Gasteiger partial charge in [0.05, 0.1) is 26.4 Å². The molecule has 0 bridgehead atoms. The summed E-state index contributed by atoms with van der Waals surface area (Å²) in [5.41, 5.74) is -0.859. The maximum absolute atomic E-state index is 12.6. The average molecular weight is 426 g/mol. The SMILES string of the molecule is COC[C@H](NC(=O)c1cc(C)on1)C(=O)N[C@@H](COC)C(=O)NCC(=O)[C@@]1(C)CO1. The molecule has 0 unspecified atom stereocenters. The first kappa shape index (κ1) is 23.4. The first-order valence-corrected chi connectivity index (χ1v) is 9.17. The number of aryl methyl sites for hydroxylation is 1. The number of nitrogens with one attached hydrogen (secondary N) is 3. The Morgan fingerprint density at radius 2 is 1.73 bits per heavy atom. The molecule has 3 atom stereocenters. The van der Waals surface area contributed by atoms with E-state index < -0.39 is 35.4 Å². The summed E-state index contributed by atoms with van der Waals surface area (Å²) in [6.45, 7) is 3.03. The standard InChI is InChI=1S/C18H26N4O8/c1-10-5-11(22-30-10)16(25)21-13(8-28-4)17(26)20-12(7-27-3)15(24)19-6-14(23)18(2)9-29-18/h5,12-13H,6-9H2,1-4H3,(H,19,24)(H,20,26)(H,21,25)/t12-,13-,18+/m0/s1. The molecule has 2 heterocycles. The van der Waals surface area contributed by atoms with Crippen molar-refractivity contribution in [1.29, 1.82) is 0 Å². The Balaban J connectivity index is 1.96. The molecule has 0 radical (unpaired) electrons. The highest BCUT2D eigenvalue weighted by Gasteiger charge is 2.46. The van der Waals surface area contributed by atoms with Crippen LogP contribution in [-0.2, 0) is 28.6 Å². The number of hydrogen-bond donors (Lipinski definition) is 3. The molecule has 0 aliphatic carbocycles. The van der Waals surface area contributed by atoms with Crippen LogP contribution in [0.1, 0.15) is 23.2 Å². The number of amides is 3. The van der Waals surface area contributed by atoms with E-state index in [0.717, 1.165) is 0 Å². The lowest BCUT2D eigenvalue weighted by Crippen LogP contribution is -2.57. The second-order valence-corrected chi connectivity index (χ2v) is 6.98. The number of aromatic nitrogens is 1. The molecule has 166 valence electrons. The number of methoxy groups -OCH3 is 2. The average Bonchev–Trinajstić information content (AvgIpc) is 3.31. The normalized spacial score (nSPS) is 19.5. The van der Waals surface area contributed by atoms with Crippen molar-refractivity contribution in [2.45, 2.75) is 31.5 Å². The van der Waals surface area contributed by atoms with Crippen LogP contribution < -0.4 is 16.0 Å². The fourth-order valence-electron chi connectivity index (χ4n) is 2.42. The van der Waals surface area contributed by atoms with Gasteiger partial charge in [-0.3, -0.25) is 19.2 Å². The van der Waals surface area contributed by atoms with Crippen LogP contribution in [0.3, 0.4) is 0 Å². The quantitative estimate of drug-likeness (QED) is 0.332. The summed E-state index contributed by atoms with van der Waals surface area (Å²) in [5, 5.41) is 11.0. The summed E-state index contributed by atoms with van der Waals surface area (Å²) in [6, 6.07) is -0.778. The second-order valence-electron chi connectivity index (χ2n) is 6.98. The lowest BCUT2D eigenvalue weighted by molar-refractivity contribution is -0.133. The van der Waals surface area contributed by atoms with Gasteiger partial charge in [0.1, 0.15) is 23.4 Å². The van der Waals surface area contributed by atoms with E-state index in [2.05, 4.69) is 21.1 Å². The van der Waals surface area contributed by atoms with Gasteiger partial charge in [0.25, 0.3) is 5.91 Å². The molecule has 30 heavy (non-hydrogen) atoms. The first-order chi connectivity index (χ1) is 14.2. The minimum atomic E-state index is -1.10. The van der Waals surface area contributed by atoms with Gasteiger partial charge < -0.3 is 34.7 Å². The lowest BCUT2D eigenvalue weighted by Gasteiger charge is -2.22. The van der Waals surface area contributed by atoms with E-state index in [1.807, 2.05) is 0 Å². The molecule has 1 aliphatic rings. The minimum Gasteiger partial charge on any atom is -0.382 e. The first-order valence-electron chi connectivity index (χ1n) is 9.17. The molecule has 3 N–H and O–H groups in total. The van der Waals surface area contributed by atoms with Crippen molar-refractivity contribution in [1.82, 2.24) is 21.1 Å². The molecule has 12 heteroatoms. The number of nitrogens with zero attached hydrogens (tertiary/aromatic N) is 1. The molecule has 1 aliphatic heterocycles. The summed E-state index contributed by atoms with van der Waals surface area (Å²) in [7, 11) is 2.72. The number of Topliss-reactive ketones (excluding diaryl/α,β-unsaturated/α-hetero) is 1. The number of carbonyl (C=O) groups is 4. The van der Waals surface area contributed by atoms with Crippen LogP contribution >= 0.6 is 0 Å². The molecule has 1 fully saturated rings. The zero-order valence-electron chi connectivity index (χ0n) is 17.3. The van der Waals surface area contributed by atoms with Crippen molar-refractivity contribution >= 4 is 23.5 Å².